The van der Waals surface area contributed by atoms with Gasteiger partial charge in [-0.3, -0.25) is 4.79 Å². The molecule has 0 aromatic heterocycles. The number of benzene rings is 2. The Balaban J connectivity index is 1.47. The van der Waals surface area contributed by atoms with E-state index in [0.717, 1.165) is 59.1 Å². The summed E-state index contributed by atoms with van der Waals surface area (Å²) in [6.45, 7) is 2.40. The Hall–Kier alpha value is -2.05. The summed E-state index contributed by atoms with van der Waals surface area (Å²) in [5, 5.41) is 0. The van der Waals surface area contributed by atoms with Gasteiger partial charge in [-0.2, -0.15) is 0 Å². The van der Waals surface area contributed by atoms with Gasteiger partial charge in [-0.15, -0.1) is 0 Å². The van der Waals surface area contributed by atoms with Gasteiger partial charge >= 0.3 is 0 Å². The fourth-order valence-electron chi connectivity index (χ4n) is 6.53. The maximum absolute atomic E-state index is 14.4. The molecule has 34 heavy (non-hydrogen) atoms. The Morgan fingerprint density at radius 2 is 0.971 bits per heavy atom. The van der Waals surface area contributed by atoms with Crippen LogP contribution in [-0.4, -0.2) is 32.2 Å². The molecule has 0 N–H and O–H groups in total. The largest absolute Gasteiger partial charge is 0.346 e. The molecule has 2 aliphatic carbocycles. The highest BCUT2D eigenvalue weighted by atomic mass is 16.7. The summed E-state index contributed by atoms with van der Waals surface area (Å²) < 4.78 is 23.6. The van der Waals surface area contributed by atoms with Crippen LogP contribution in [0, 0.1) is 0 Å². The summed E-state index contributed by atoms with van der Waals surface area (Å²) in [6.07, 6.45) is 8.54. The highest BCUT2D eigenvalue weighted by molar-refractivity contribution is 6.11. The first-order chi connectivity index (χ1) is 16.8. The van der Waals surface area contributed by atoms with E-state index in [2.05, 4.69) is 12.1 Å². The highest BCUT2D eigenvalue weighted by Gasteiger charge is 2.34. The Bertz CT molecular complexity index is 941. The van der Waals surface area contributed by atoms with E-state index in [-0.39, 0.29) is 18.4 Å². The van der Waals surface area contributed by atoms with Gasteiger partial charge in [0.2, 0.25) is 0 Å². The van der Waals surface area contributed by atoms with Crippen LogP contribution in [0.25, 0.3) is 0 Å². The Morgan fingerprint density at radius 3 is 1.35 bits per heavy atom. The van der Waals surface area contributed by atoms with Gasteiger partial charge in [-0.05, 0) is 48.6 Å². The molecular formula is C29H34O5. The van der Waals surface area contributed by atoms with Crippen LogP contribution in [0.15, 0.2) is 36.4 Å². The fourth-order valence-corrected chi connectivity index (χ4v) is 6.53. The summed E-state index contributed by atoms with van der Waals surface area (Å²) in [7, 11) is 0. The third-order valence-electron chi connectivity index (χ3n) is 8.05. The van der Waals surface area contributed by atoms with E-state index in [9.17, 15) is 4.79 Å². The van der Waals surface area contributed by atoms with Crippen molar-refractivity contribution in [1.82, 2.24) is 0 Å². The van der Waals surface area contributed by atoms with Crippen molar-refractivity contribution in [3.8, 4) is 0 Å². The minimum atomic E-state index is -0.371. The lowest BCUT2D eigenvalue weighted by molar-refractivity contribution is -0.0450. The predicted molar refractivity (Wildman–Crippen MR) is 128 cm³/mol. The molecule has 2 aromatic carbocycles. The molecule has 0 radical (unpaired) electrons. The van der Waals surface area contributed by atoms with E-state index < -0.39 is 0 Å². The zero-order chi connectivity index (χ0) is 22.9. The number of hydrogen-bond acceptors (Lipinski definition) is 5. The lowest BCUT2D eigenvalue weighted by Crippen LogP contribution is -2.17. The minimum absolute atomic E-state index is 0.114. The van der Waals surface area contributed by atoms with E-state index in [1.54, 1.807) is 0 Å². The van der Waals surface area contributed by atoms with Gasteiger partial charge in [-0.1, -0.05) is 62.1 Å². The van der Waals surface area contributed by atoms with Gasteiger partial charge in [-0.25, -0.2) is 0 Å². The molecule has 0 amide bonds. The zero-order valence-corrected chi connectivity index (χ0v) is 19.8. The first-order valence-corrected chi connectivity index (χ1v) is 13.1. The molecule has 6 rings (SSSR count). The van der Waals surface area contributed by atoms with Crippen molar-refractivity contribution in [2.75, 3.05) is 26.4 Å². The standard InChI is InChI=1S/C29H34O5/c30-27(21-11-5-13-23(28-31-15-16-32-28)25(21)19-7-1-2-8-19)22-12-6-14-24(29-33-17-18-34-29)26(22)20-9-3-4-10-20/h5-6,11-14,19-20,28-29H,1-4,7-10,15-18H2. The summed E-state index contributed by atoms with van der Waals surface area (Å²) >= 11 is 0. The van der Waals surface area contributed by atoms with Crippen LogP contribution in [0.4, 0.5) is 0 Å². The van der Waals surface area contributed by atoms with Crippen LogP contribution < -0.4 is 0 Å². The Morgan fingerprint density at radius 1 is 0.588 bits per heavy atom. The van der Waals surface area contributed by atoms with Crippen molar-refractivity contribution in [3.05, 3.63) is 69.8 Å². The van der Waals surface area contributed by atoms with Crippen LogP contribution in [0.2, 0.25) is 0 Å². The molecule has 5 nitrogen and oxygen atoms in total. The number of carbonyl (C=O) groups excluding carboxylic acids is 1. The van der Waals surface area contributed by atoms with E-state index in [1.165, 1.54) is 25.7 Å². The van der Waals surface area contributed by atoms with Gasteiger partial charge in [0.05, 0.1) is 26.4 Å². The average Bonchev–Trinajstić information content (AvgIpc) is 3.70. The van der Waals surface area contributed by atoms with Crippen LogP contribution >= 0.6 is 0 Å². The van der Waals surface area contributed by atoms with Crippen molar-refractivity contribution in [2.45, 2.75) is 75.8 Å². The molecule has 2 saturated carbocycles. The smallest absolute Gasteiger partial charge is 0.193 e. The van der Waals surface area contributed by atoms with Gasteiger partial charge in [0, 0.05) is 22.3 Å². The van der Waals surface area contributed by atoms with Crippen molar-refractivity contribution in [2.24, 2.45) is 0 Å². The van der Waals surface area contributed by atoms with Crippen LogP contribution in [0.3, 0.4) is 0 Å². The lowest BCUT2D eigenvalue weighted by atomic mass is 9.81. The van der Waals surface area contributed by atoms with Crippen molar-refractivity contribution >= 4 is 5.78 Å². The summed E-state index contributed by atoms with van der Waals surface area (Å²) in [5.74, 6) is 0.869. The van der Waals surface area contributed by atoms with E-state index in [4.69, 9.17) is 18.9 Å². The monoisotopic (exact) mass is 462 g/mol. The first kappa shape index (κ1) is 22.4. The molecular weight excluding hydrogens is 428 g/mol. The van der Waals surface area contributed by atoms with Gasteiger partial charge in [0.1, 0.15) is 0 Å². The number of ketones is 1. The number of carbonyl (C=O) groups is 1. The molecule has 2 aliphatic heterocycles. The molecule has 0 bridgehead atoms. The van der Waals surface area contributed by atoms with Crippen LogP contribution in [0.1, 0.15) is 114 Å². The van der Waals surface area contributed by atoms with Crippen molar-refractivity contribution in [1.29, 1.82) is 0 Å². The van der Waals surface area contributed by atoms with Crippen molar-refractivity contribution in [3.63, 3.8) is 0 Å². The van der Waals surface area contributed by atoms with Gasteiger partial charge < -0.3 is 18.9 Å². The molecule has 0 atom stereocenters. The van der Waals surface area contributed by atoms with E-state index in [1.807, 2.05) is 24.3 Å². The number of hydrogen-bond donors (Lipinski definition) is 0. The topological polar surface area (TPSA) is 54.0 Å². The quantitative estimate of drug-likeness (QED) is 0.470. The first-order valence-electron chi connectivity index (χ1n) is 13.1. The maximum Gasteiger partial charge on any atom is 0.193 e. The van der Waals surface area contributed by atoms with E-state index in [0.29, 0.717) is 38.3 Å². The minimum Gasteiger partial charge on any atom is -0.346 e. The van der Waals surface area contributed by atoms with Crippen molar-refractivity contribution < 1.29 is 23.7 Å². The third kappa shape index (κ3) is 4.13. The number of ether oxygens (including phenoxy) is 4. The molecule has 2 heterocycles. The zero-order valence-electron chi connectivity index (χ0n) is 19.8. The number of rotatable bonds is 6. The van der Waals surface area contributed by atoms with Gasteiger partial charge in [0.15, 0.2) is 18.4 Å². The second kappa shape index (κ2) is 9.90. The normalized spacial score (nSPS) is 22.8. The van der Waals surface area contributed by atoms with Crippen LogP contribution in [0.5, 0.6) is 0 Å². The molecule has 5 heteroatoms. The predicted octanol–water partition coefficient (Wildman–Crippen LogP) is 6.32. The summed E-state index contributed by atoms with van der Waals surface area (Å²) in [6, 6.07) is 12.2. The average molecular weight is 463 g/mol. The second-order valence-electron chi connectivity index (χ2n) is 10.1. The van der Waals surface area contributed by atoms with E-state index >= 15 is 0 Å². The SMILES string of the molecule is O=C(c1cccc(C2OCCO2)c1C1CCCC1)c1cccc(C2OCCO2)c1C1CCCC1. The molecule has 4 fully saturated rings. The maximum atomic E-state index is 14.4. The van der Waals surface area contributed by atoms with Gasteiger partial charge in [0.25, 0.3) is 0 Å². The molecule has 0 unspecified atom stereocenters. The Kier molecular flexibility index (Phi) is 6.53. The van der Waals surface area contributed by atoms with Crippen LogP contribution in [-0.2, 0) is 18.9 Å². The molecule has 4 aliphatic rings. The fraction of sp³-hybridized carbons (Fsp3) is 0.552. The summed E-state index contributed by atoms with van der Waals surface area (Å²) in [4.78, 5) is 14.4. The molecule has 0 spiro atoms. The lowest BCUT2D eigenvalue weighted by Gasteiger charge is -2.25. The third-order valence-corrected chi connectivity index (χ3v) is 8.05. The molecule has 180 valence electrons. The Labute approximate surface area is 201 Å². The highest BCUT2D eigenvalue weighted by Crippen LogP contribution is 2.44. The molecule has 2 aromatic rings. The second-order valence-corrected chi connectivity index (χ2v) is 10.1. The molecule has 2 saturated heterocycles. The summed E-state index contributed by atoms with van der Waals surface area (Å²) in [5.41, 5.74) is 6.00.